The van der Waals surface area contributed by atoms with Gasteiger partial charge < -0.3 is 5.32 Å². The molecule has 102 valence electrons. The van der Waals surface area contributed by atoms with Gasteiger partial charge in [0.05, 0.1) is 4.34 Å². The molecule has 0 aliphatic rings. The van der Waals surface area contributed by atoms with E-state index in [1.807, 2.05) is 6.07 Å². The Morgan fingerprint density at radius 3 is 2.47 bits per heavy atom. The summed E-state index contributed by atoms with van der Waals surface area (Å²) >= 11 is 11.1. The first-order valence-electron chi connectivity index (χ1n) is 6.39. The Labute approximate surface area is 132 Å². The number of thiophene rings is 1. The molecule has 4 heteroatoms. The Hall–Kier alpha value is -0.350. The number of benzene rings is 1. The molecule has 0 aliphatic heterocycles. The van der Waals surface area contributed by atoms with Crippen LogP contribution in [0.3, 0.4) is 0 Å². The van der Waals surface area contributed by atoms with Crippen molar-refractivity contribution in [1.82, 2.24) is 5.32 Å². The Balaban J connectivity index is 2.01. The number of rotatable bonds is 6. The minimum Gasteiger partial charge on any atom is -0.314 e. The van der Waals surface area contributed by atoms with Gasteiger partial charge in [-0.2, -0.15) is 0 Å². The second-order valence-corrected chi connectivity index (χ2v) is 7.21. The fraction of sp³-hybridized carbons (Fsp3) is 0.333. The van der Waals surface area contributed by atoms with E-state index in [0.717, 1.165) is 28.2 Å². The van der Waals surface area contributed by atoms with Crippen molar-refractivity contribution >= 4 is 38.9 Å². The van der Waals surface area contributed by atoms with Crippen LogP contribution in [0.5, 0.6) is 0 Å². The molecule has 1 aromatic carbocycles. The van der Waals surface area contributed by atoms with Gasteiger partial charge in [0.1, 0.15) is 0 Å². The van der Waals surface area contributed by atoms with E-state index in [2.05, 4.69) is 58.5 Å². The molecule has 2 rings (SSSR count). The van der Waals surface area contributed by atoms with Crippen molar-refractivity contribution in [1.29, 1.82) is 0 Å². The van der Waals surface area contributed by atoms with Gasteiger partial charge in [-0.05, 0) is 49.2 Å². The molecule has 0 radical (unpaired) electrons. The normalized spacial score (nSPS) is 12.6. The Morgan fingerprint density at radius 2 is 1.89 bits per heavy atom. The summed E-state index contributed by atoms with van der Waals surface area (Å²) in [5.74, 6) is 0. The van der Waals surface area contributed by atoms with Crippen LogP contribution in [0.4, 0.5) is 0 Å². The van der Waals surface area contributed by atoms with Crippen molar-refractivity contribution in [2.75, 3.05) is 6.54 Å². The molecule has 1 unspecified atom stereocenters. The van der Waals surface area contributed by atoms with Crippen molar-refractivity contribution in [3.63, 3.8) is 0 Å². The first kappa shape index (κ1) is 15.0. The summed E-state index contributed by atoms with van der Waals surface area (Å²) in [5.41, 5.74) is 1.36. The van der Waals surface area contributed by atoms with Gasteiger partial charge in [-0.3, -0.25) is 0 Å². The lowest BCUT2D eigenvalue weighted by Gasteiger charge is -2.17. The molecule has 1 nitrogen and oxygen atoms in total. The first-order valence-corrected chi connectivity index (χ1v) is 8.38. The van der Waals surface area contributed by atoms with Crippen LogP contribution >= 0.6 is 38.9 Å². The van der Waals surface area contributed by atoms with Crippen molar-refractivity contribution in [2.24, 2.45) is 0 Å². The average Bonchev–Trinajstić information content (AvgIpc) is 2.78. The van der Waals surface area contributed by atoms with Crippen LogP contribution in [0.25, 0.3) is 0 Å². The zero-order valence-electron chi connectivity index (χ0n) is 10.8. The van der Waals surface area contributed by atoms with Crippen LogP contribution in [0, 0.1) is 0 Å². The zero-order chi connectivity index (χ0) is 13.7. The van der Waals surface area contributed by atoms with Crippen molar-refractivity contribution in [3.8, 4) is 0 Å². The van der Waals surface area contributed by atoms with Gasteiger partial charge in [-0.1, -0.05) is 46.6 Å². The van der Waals surface area contributed by atoms with E-state index in [1.54, 1.807) is 11.3 Å². The summed E-state index contributed by atoms with van der Waals surface area (Å²) in [6.45, 7) is 3.14. The lowest BCUT2D eigenvalue weighted by atomic mass is 10.0. The summed E-state index contributed by atoms with van der Waals surface area (Å²) in [6, 6.07) is 13.1. The number of nitrogens with one attached hydrogen (secondary N) is 1. The molecule has 0 spiro atoms. The van der Waals surface area contributed by atoms with Crippen LogP contribution in [0.15, 0.2) is 40.9 Å². The third-order valence-electron chi connectivity index (χ3n) is 2.96. The molecule has 2 aromatic rings. The summed E-state index contributed by atoms with van der Waals surface area (Å²) in [5, 5.41) is 3.56. The van der Waals surface area contributed by atoms with E-state index in [-0.39, 0.29) is 0 Å². The van der Waals surface area contributed by atoms with Gasteiger partial charge in [0.25, 0.3) is 0 Å². The summed E-state index contributed by atoms with van der Waals surface area (Å²) in [6.07, 6.45) is 2.07. The lowest BCUT2D eigenvalue weighted by Crippen LogP contribution is -2.32. The number of hydrogen-bond donors (Lipinski definition) is 1. The van der Waals surface area contributed by atoms with E-state index in [4.69, 9.17) is 11.6 Å². The third kappa shape index (κ3) is 4.92. The molecule has 19 heavy (non-hydrogen) atoms. The monoisotopic (exact) mass is 357 g/mol. The quantitative estimate of drug-likeness (QED) is 0.772. The second kappa shape index (κ2) is 7.44. The van der Waals surface area contributed by atoms with E-state index in [0.29, 0.717) is 6.04 Å². The van der Waals surface area contributed by atoms with Crippen LogP contribution in [-0.4, -0.2) is 12.6 Å². The maximum Gasteiger partial charge on any atom is 0.0931 e. The van der Waals surface area contributed by atoms with Gasteiger partial charge in [0.15, 0.2) is 0 Å². The molecule has 0 saturated heterocycles. The predicted octanol–water partition coefficient (Wildman–Crippen LogP) is 4.93. The molecule has 0 aliphatic carbocycles. The molecule has 1 heterocycles. The molecule has 1 N–H and O–H groups in total. The Bertz CT molecular complexity index is 509. The van der Waals surface area contributed by atoms with Crippen molar-refractivity contribution < 1.29 is 0 Å². The van der Waals surface area contributed by atoms with Gasteiger partial charge in [0, 0.05) is 15.4 Å². The zero-order valence-corrected chi connectivity index (χ0v) is 14.0. The van der Waals surface area contributed by atoms with E-state index in [1.165, 1.54) is 10.4 Å². The fourth-order valence-corrected chi connectivity index (χ4v) is 3.55. The van der Waals surface area contributed by atoms with Gasteiger partial charge in [0.2, 0.25) is 0 Å². The summed E-state index contributed by atoms with van der Waals surface area (Å²) in [4.78, 5) is 1.34. The Morgan fingerprint density at radius 1 is 1.16 bits per heavy atom. The fourth-order valence-electron chi connectivity index (χ4n) is 2.11. The molecule has 0 saturated carbocycles. The molecule has 0 bridgehead atoms. The van der Waals surface area contributed by atoms with E-state index < -0.39 is 0 Å². The van der Waals surface area contributed by atoms with Crippen LogP contribution in [0.1, 0.15) is 17.4 Å². The summed E-state index contributed by atoms with van der Waals surface area (Å²) < 4.78 is 2.00. The highest BCUT2D eigenvalue weighted by Gasteiger charge is 2.11. The van der Waals surface area contributed by atoms with Gasteiger partial charge >= 0.3 is 0 Å². The number of hydrogen-bond acceptors (Lipinski definition) is 2. The van der Waals surface area contributed by atoms with Crippen LogP contribution in [0.2, 0.25) is 4.34 Å². The number of halogens is 2. The molecular weight excluding hydrogens is 342 g/mol. The predicted molar refractivity (Wildman–Crippen MR) is 88.3 cm³/mol. The molecule has 0 fully saturated rings. The maximum atomic E-state index is 5.99. The first-order chi connectivity index (χ1) is 9.17. The maximum absolute atomic E-state index is 5.99. The summed E-state index contributed by atoms with van der Waals surface area (Å²) in [7, 11) is 0. The highest BCUT2D eigenvalue weighted by molar-refractivity contribution is 9.10. The SMILES string of the molecule is CCNC(Cc1ccc(Br)cc1)Cc1ccc(Cl)s1. The topological polar surface area (TPSA) is 12.0 Å². The Kier molecular flexibility index (Phi) is 5.89. The standard InChI is InChI=1S/C15H17BrClNS/c1-2-18-13(10-14-7-8-15(17)19-14)9-11-3-5-12(16)6-4-11/h3-8,13,18H,2,9-10H2,1H3. The number of likely N-dealkylation sites (N-methyl/N-ethyl adjacent to an activating group) is 1. The minimum atomic E-state index is 0.459. The van der Waals surface area contributed by atoms with Crippen LogP contribution in [-0.2, 0) is 12.8 Å². The average molecular weight is 359 g/mol. The van der Waals surface area contributed by atoms with Crippen molar-refractivity contribution in [2.45, 2.75) is 25.8 Å². The van der Waals surface area contributed by atoms with Gasteiger partial charge in [-0.15, -0.1) is 11.3 Å². The minimum absolute atomic E-state index is 0.459. The third-order valence-corrected chi connectivity index (χ3v) is 4.75. The second-order valence-electron chi connectivity index (χ2n) is 4.50. The highest BCUT2D eigenvalue weighted by atomic mass is 79.9. The van der Waals surface area contributed by atoms with Gasteiger partial charge in [-0.25, -0.2) is 0 Å². The molecule has 1 atom stereocenters. The largest absolute Gasteiger partial charge is 0.314 e. The van der Waals surface area contributed by atoms with Crippen LogP contribution < -0.4 is 5.32 Å². The van der Waals surface area contributed by atoms with Crippen molar-refractivity contribution in [3.05, 3.63) is 55.6 Å². The smallest absolute Gasteiger partial charge is 0.0931 e. The highest BCUT2D eigenvalue weighted by Crippen LogP contribution is 2.23. The molecular formula is C15H17BrClNS. The van der Waals surface area contributed by atoms with E-state index in [9.17, 15) is 0 Å². The lowest BCUT2D eigenvalue weighted by molar-refractivity contribution is 0.524. The molecule has 1 aromatic heterocycles. The van der Waals surface area contributed by atoms with E-state index >= 15 is 0 Å². The molecule has 0 amide bonds.